The number of benzene rings is 3. The number of carbonyl (C=O) groups is 2. The highest BCUT2D eigenvalue weighted by Gasteiger charge is 2.19. The van der Waals surface area contributed by atoms with Crippen LogP contribution in [0.15, 0.2) is 78.9 Å². The van der Waals surface area contributed by atoms with Crippen molar-refractivity contribution in [1.82, 2.24) is 4.90 Å². The second kappa shape index (κ2) is 9.06. The fourth-order valence-corrected chi connectivity index (χ4v) is 2.87. The van der Waals surface area contributed by atoms with Gasteiger partial charge in [0.1, 0.15) is 5.75 Å². The monoisotopic (exact) mass is 388 g/mol. The van der Waals surface area contributed by atoms with Gasteiger partial charge in [0.2, 0.25) is 0 Å². The predicted octanol–water partition coefficient (Wildman–Crippen LogP) is 4.46. The number of nitrogens with zero attached hydrogens (tertiary/aromatic N) is 1. The van der Waals surface area contributed by atoms with Gasteiger partial charge in [0.15, 0.2) is 6.10 Å². The average molecular weight is 388 g/mol. The molecule has 29 heavy (non-hydrogen) atoms. The molecule has 0 bridgehead atoms. The minimum atomic E-state index is -0.722. The summed E-state index contributed by atoms with van der Waals surface area (Å²) in [6.45, 7) is 1.68. The van der Waals surface area contributed by atoms with E-state index in [4.69, 9.17) is 4.74 Å². The quantitative estimate of drug-likeness (QED) is 0.678. The highest BCUT2D eigenvalue weighted by molar-refractivity contribution is 6.04. The normalized spacial score (nSPS) is 11.4. The molecule has 3 aromatic carbocycles. The van der Waals surface area contributed by atoms with Gasteiger partial charge in [-0.1, -0.05) is 54.6 Å². The number of para-hydroxylation sites is 1. The third-order valence-corrected chi connectivity index (χ3v) is 4.47. The van der Waals surface area contributed by atoms with Gasteiger partial charge in [0.05, 0.1) is 11.3 Å². The van der Waals surface area contributed by atoms with E-state index in [0.29, 0.717) is 17.0 Å². The van der Waals surface area contributed by atoms with Crippen LogP contribution in [0.3, 0.4) is 0 Å². The number of rotatable bonds is 6. The fourth-order valence-electron chi connectivity index (χ4n) is 2.87. The summed E-state index contributed by atoms with van der Waals surface area (Å²) in [5.74, 6) is 0.104. The Bertz CT molecular complexity index is 983. The molecule has 0 fully saturated rings. The van der Waals surface area contributed by atoms with Gasteiger partial charge in [-0.25, -0.2) is 0 Å². The van der Waals surface area contributed by atoms with Crippen molar-refractivity contribution in [1.29, 1.82) is 0 Å². The number of amides is 2. The summed E-state index contributed by atoms with van der Waals surface area (Å²) in [6, 6.07) is 24.6. The van der Waals surface area contributed by atoms with Crippen LogP contribution in [0, 0.1) is 0 Å². The lowest BCUT2D eigenvalue weighted by Gasteiger charge is -2.18. The number of nitrogens with one attached hydrogen (secondary N) is 1. The van der Waals surface area contributed by atoms with Crippen molar-refractivity contribution in [3.8, 4) is 16.9 Å². The maximum atomic E-state index is 12.6. The van der Waals surface area contributed by atoms with Gasteiger partial charge in [-0.15, -0.1) is 0 Å². The van der Waals surface area contributed by atoms with Crippen molar-refractivity contribution in [3.05, 3.63) is 84.4 Å². The molecule has 2 amide bonds. The summed E-state index contributed by atoms with van der Waals surface area (Å²) in [5.41, 5.74) is 3.09. The Balaban J connectivity index is 1.67. The zero-order chi connectivity index (χ0) is 20.8. The predicted molar refractivity (Wildman–Crippen MR) is 115 cm³/mol. The van der Waals surface area contributed by atoms with Gasteiger partial charge in [-0.3, -0.25) is 9.59 Å². The fraction of sp³-hybridized carbons (Fsp3) is 0.167. The number of anilines is 1. The highest BCUT2D eigenvalue weighted by atomic mass is 16.5. The molecule has 0 radical (unpaired) electrons. The molecule has 1 N–H and O–H groups in total. The topological polar surface area (TPSA) is 58.6 Å². The Morgan fingerprint density at radius 1 is 0.828 bits per heavy atom. The Kier molecular flexibility index (Phi) is 6.29. The molecule has 0 saturated carbocycles. The molecule has 0 aliphatic carbocycles. The lowest BCUT2D eigenvalue weighted by molar-refractivity contribution is -0.122. The second-order valence-electron chi connectivity index (χ2n) is 6.88. The summed E-state index contributed by atoms with van der Waals surface area (Å²) in [4.78, 5) is 26.4. The van der Waals surface area contributed by atoms with Crippen molar-refractivity contribution in [2.24, 2.45) is 0 Å². The van der Waals surface area contributed by atoms with Crippen LogP contribution in [-0.4, -0.2) is 36.9 Å². The minimum absolute atomic E-state index is 0.175. The van der Waals surface area contributed by atoms with Crippen LogP contribution in [0.5, 0.6) is 5.75 Å². The number of hydrogen-bond donors (Lipinski definition) is 1. The summed E-state index contributed by atoms with van der Waals surface area (Å²) < 4.78 is 5.78. The summed E-state index contributed by atoms with van der Waals surface area (Å²) in [7, 11) is 3.34. The summed E-state index contributed by atoms with van der Waals surface area (Å²) >= 11 is 0. The maximum Gasteiger partial charge on any atom is 0.265 e. The molecule has 3 rings (SSSR count). The van der Waals surface area contributed by atoms with E-state index in [1.165, 1.54) is 4.90 Å². The molecule has 0 aromatic heterocycles. The van der Waals surface area contributed by atoms with E-state index in [9.17, 15) is 9.59 Å². The molecule has 5 nitrogen and oxygen atoms in total. The SMILES string of the molecule is CC(Oc1ccc(-c2ccccc2)cc1)C(=O)Nc1ccccc1C(=O)N(C)C. The Morgan fingerprint density at radius 3 is 2.07 bits per heavy atom. The number of hydrogen-bond acceptors (Lipinski definition) is 3. The smallest absolute Gasteiger partial charge is 0.265 e. The van der Waals surface area contributed by atoms with Crippen LogP contribution >= 0.6 is 0 Å². The van der Waals surface area contributed by atoms with Crippen LogP contribution in [0.25, 0.3) is 11.1 Å². The summed E-state index contributed by atoms with van der Waals surface area (Å²) in [5, 5.41) is 2.79. The maximum absolute atomic E-state index is 12.6. The second-order valence-corrected chi connectivity index (χ2v) is 6.88. The molecule has 0 spiro atoms. The standard InChI is InChI=1S/C24H24N2O3/c1-17(23(27)25-22-12-8-7-11-21(22)24(28)26(2)3)29-20-15-13-19(14-16-20)18-9-5-4-6-10-18/h4-17H,1-3H3,(H,25,27). The molecule has 3 aromatic rings. The van der Waals surface area contributed by atoms with E-state index < -0.39 is 6.10 Å². The Hall–Kier alpha value is -3.60. The number of carbonyl (C=O) groups excluding carboxylic acids is 2. The molecular weight excluding hydrogens is 364 g/mol. The highest BCUT2D eigenvalue weighted by Crippen LogP contribution is 2.23. The van der Waals surface area contributed by atoms with Crippen LogP contribution in [0.1, 0.15) is 17.3 Å². The van der Waals surface area contributed by atoms with Crippen LogP contribution in [0.2, 0.25) is 0 Å². The van der Waals surface area contributed by atoms with Gasteiger partial charge in [0.25, 0.3) is 11.8 Å². The van der Waals surface area contributed by atoms with Crippen molar-refractivity contribution in [2.45, 2.75) is 13.0 Å². The van der Waals surface area contributed by atoms with E-state index in [1.807, 2.05) is 54.6 Å². The molecule has 1 atom stereocenters. The van der Waals surface area contributed by atoms with Gasteiger partial charge in [0, 0.05) is 14.1 Å². The molecular formula is C24H24N2O3. The first-order valence-corrected chi connectivity index (χ1v) is 9.39. The third-order valence-electron chi connectivity index (χ3n) is 4.47. The molecule has 148 valence electrons. The van der Waals surface area contributed by atoms with Crippen molar-refractivity contribution in [2.75, 3.05) is 19.4 Å². The lowest BCUT2D eigenvalue weighted by atomic mass is 10.1. The van der Waals surface area contributed by atoms with E-state index in [2.05, 4.69) is 5.32 Å². The van der Waals surface area contributed by atoms with E-state index in [-0.39, 0.29) is 11.8 Å². The van der Waals surface area contributed by atoms with Gasteiger partial charge < -0.3 is 15.0 Å². The van der Waals surface area contributed by atoms with Crippen molar-refractivity contribution in [3.63, 3.8) is 0 Å². The first-order chi connectivity index (χ1) is 14.0. The molecule has 0 heterocycles. The molecule has 5 heteroatoms. The lowest BCUT2D eigenvalue weighted by Crippen LogP contribution is -2.31. The van der Waals surface area contributed by atoms with E-state index >= 15 is 0 Å². The number of ether oxygens (including phenoxy) is 1. The van der Waals surface area contributed by atoms with Crippen molar-refractivity contribution < 1.29 is 14.3 Å². The molecule has 0 saturated heterocycles. The summed E-state index contributed by atoms with van der Waals surface area (Å²) in [6.07, 6.45) is -0.722. The van der Waals surface area contributed by atoms with Crippen molar-refractivity contribution >= 4 is 17.5 Å². The van der Waals surface area contributed by atoms with E-state index in [1.54, 1.807) is 45.3 Å². The van der Waals surface area contributed by atoms with Gasteiger partial charge in [-0.2, -0.15) is 0 Å². The zero-order valence-electron chi connectivity index (χ0n) is 16.8. The molecule has 0 aliphatic heterocycles. The average Bonchev–Trinajstić information content (AvgIpc) is 2.74. The van der Waals surface area contributed by atoms with Crippen LogP contribution < -0.4 is 10.1 Å². The Morgan fingerprint density at radius 2 is 1.41 bits per heavy atom. The zero-order valence-corrected chi connectivity index (χ0v) is 16.8. The molecule has 0 aliphatic rings. The minimum Gasteiger partial charge on any atom is -0.481 e. The van der Waals surface area contributed by atoms with Gasteiger partial charge >= 0.3 is 0 Å². The first kappa shape index (κ1) is 20.1. The van der Waals surface area contributed by atoms with Crippen LogP contribution in [-0.2, 0) is 4.79 Å². The third kappa shape index (κ3) is 5.02. The molecule has 1 unspecified atom stereocenters. The van der Waals surface area contributed by atoms with Gasteiger partial charge in [-0.05, 0) is 42.3 Å². The Labute approximate surface area is 170 Å². The first-order valence-electron chi connectivity index (χ1n) is 9.39. The largest absolute Gasteiger partial charge is 0.481 e. The van der Waals surface area contributed by atoms with E-state index in [0.717, 1.165) is 11.1 Å². The van der Waals surface area contributed by atoms with Crippen LogP contribution in [0.4, 0.5) is 5.69 Å².